The number of nitrogens with two attached hydrogens (primary N) is 2. The Hall–Kier alpha value is -2.09. The molecule has 3 rings (SSSR count). The van der Waals surface area contributed by atoms with Crippen LogP contribution >= 0.6 is 24.0 Å². The zero-order valence-corrected chi connectivity index (χ0v) is 16.3. The van der Waals surface area contributed by atoms with Gasteiger partial charge in [-0.3, -0.25) is 4.79 Å². The van der Waals surface area contributed by atoms with Crippen LogP contribution in [0.5, 0.6) is 0 Å². The summed E-state index contributed by atoms with van der Waals surface area (Å²) in [5, 5.41) is 3.22. The van der Waals surface area contributed by atoms with E-state index in [0.717, 1.165) is 24.1 Å². The molecule has 2 aromatic carbocycles. The number of nitrogens with zero attached hydrogens (tertiary/aromatic N) is 1. The molecule has 6 heteroatoms. The number of fused-ring (bicyclic) bond motifs is 1. The number of guanidine groups is 1. The second-order valence-corrected chi connectivity index (χ2v) is 6.04. The van der Waals surface area contributed by atoms with Crippen molar-refractivity contribution in [1.82, 2.24) is 0 Å². The molecular formula is C19H23IN4O. The van der Waals surface area contributed by atoms with Crippen molar-refractivity contribution in [2.75, 3.05) is 5.32 Å². The van der Waals surface area contributed by atoms with E-state index in [4.69, 9.17) is 11.5 Å². The van der Waals surface area contributed by atoms with Crippen LogP contribution in [0.2, 0.25) is 0 Å². The molecule has 2 aromatic rings. The van der Waals surface area contributed by atoms with E-state index < -0.39 is 5.91 Å². The first-order valence-corrected chi connectivity index (χ1v) is 8.20. The lowest BCUT2D eigenvalue weighted by molar-refractivity contribution is 0.100. The van der Waals surface area contributed by atoms with Crippen LogP contribution in [-0.2, 0) is 19.4 Å². The van der Waals surface area contributed by atoms with Gasteiger partial charge < -0.3 is 16.8 Å². The van der Waals surface area contributed by atoms with E-state index in [1.54, 1.807) is 12.1 Å². The molecule has 0 unspecified atom stereocenters. The van der Waals surface area contributed by atoms with Crippen molar-refractivity contribution in [3.8, 4) is 0 Å². The molecule has 1 aliphatic carbocycles. The maximum absolute atomic E-state index is 11.1. The third-order valence-corrected chi connectivity index (χ3v) is 4.33. The van der Waals surface area contributed by atoms with Gasteiger partial charge in [-0.15, -0.1) is 24.0 Å². The average molecular weight is 450 g/mol. The second kappa shape index (κ2) is 8.84. The van der Waals surface area contributed by atoms with Gasteiger partial charge in [0, 0.05) is 11.3 Å². The number of primary amides is 1. The van der Waals surface area contributed by atoms with Crippen molar-refractivity contribution in [2.24, 2.45) is 16.5 Å². The Morgan fingerprint density at radius 1 is 1.04 bits per heavy atom. The molecule has 132 valence electrons. The highest BCUT2D eigenvalue weighted by Gasteiger charge is 2.13. The Bertz CT molecular complexity index is 771. The van der Waals surface area contributed by atoms with Crippen molar-refractivity contribution in [1.29, 1.82) is 0 Å². The average Bonchev–Trinajstić information content (AvgIpc) is 2.61. The van der Waals surface area contributed by atoms with Gasteiger partial charge in [0.2, 0.25) is 5.91 Å². The van der Waals surface area contributed by atoms with Crippen molar-refractivity contribution >= 4 is 41.5 Å². The zero-order valence-electron chi connectivity index (χ0n) is 14.0. The van der Waals surface area contributed by atoms with Gasteiger partial charge in [-0.1, -0.05) is 24.3 Å². The lowest BCUT2D eigenvalue weighted by Crippen LogP contribution is -2.24. The molecule has 0 radical (unpaired) electrons. The number of carbonyl (C=O) groups excluding carboxylic acids is 1. The summed E-state index contributed by atoms with van der Waals surface area (Å²) in [7, 11) is 0. The largest absolute Gasteiger partial charge is 0.370 e. The van der Waals surface area contributed by atoms with Crippen molar-refractivity contribution in [2.45, 2.75) is 32.2 Å². The topological polar surface area (TPSA) is 93.5 Å². The Labute approximate surface area is 164 Å². The number of anilines is 1. The molecule has 0 saturated heterocycles. The van der Waals surface area contributed by atoms with Crippen LogP contribution in [0.4, 0.5) is 5.69 Å². The monoisotopic (exact) mass is 450 g/mol. The van der Waals surface area contributed by atoms with Gasteiger partial charge in [-0.25, -0.2) is 4.99 Å². The summed E-state index contributed by atoms with van der Waals surface area (Å²) in [5.41, 5.74) is 16.5. The van der Waals surface area contributed by atoms with Crippen LogP contribution in [0.1, 0.15) is 39.9 Å². The summed E-state index contributed by atoms with van der Waals surface area (Å²) in [6.07, 6.45) is 4.69. The van der Waals surface area contributed by atoms with E-state index in [1.165, 1.54) is 24.0 Å². The SMILES string of the molecule is I.NC(=O)c1ccc(CN=C(N)Nc2cccc3c2CCCC3)cc1. The molecule has 0 aromatic heterocycles. The molecule has 0 aliphatic heterocycles. The van der Waals surface area contributed by atoms with Gasteiger partial charge in [-0.2, -0.15) is 0 Å². The highest BCUT2D eigenvalue weighted by atomic mass is 127. The molecule has 5 N–H and O–H groups in total. The van der Waals surface area contributed by atoms with Crippen molar-refractivity contribution in [3.63, 3.8) is 0 Å². The van der Waals surface area contributed by atoms with Crippen LogP contribution < -0.4 is 16.8 Å². The maximum atomic E-state index is 11.1. The normalized spacial score (nSPS) is 13.5. The van der Waals surface area contributed by atoms with Gasteiger partial charge in [0.15, 0.2) is 5.96 Å². The third-order valence-electron chi connectivity index (χ3n) is 4.33. The molecule has 0 atom stereocenters. The highest BCUT2D eigenvalue weighted by molar-refractivity contribution is 14.0. The third kappa shape index (κ3) is 4.94. The maximum Gasteiger partial charge on any atom is 0.248 e. The van der Waals surface area contributed by atoms with E-state index in [0.29, 0.717) is 18.1 Å². The fourth-order valence-electron chi connectivity index (χ4n) is 3.03. The van der Waals surface area contributed by atoms with E-state index in [1.807, 2.05) is 18.2 Å². The van der Waals surface area contributed by atoms with Gasteiger partial charge in [0.25, 0.3) is 0 Å². The smallest absolute Gasteiger partial charge is 0.248 e. The quantitative estimate of drug-likeness (QED) is 0.380. The van der Waals surface area contributed by atoms with Gasteiger partial charge in [0.1, 0.15) is 0 Å². The lowest BCUT2D eigenvalue weighted by atomic mass is 9.90. The minimum atomic E-state index is -0.430. The summed E-state index contributed by atoms with van der Waals surface area (Å²) in [4.78, 5) is 15.4. The first-order valence-electron chi connectivity index (χ1n) is 8.20. The second-order valence-electron chi connectivity index (χ2n) is 6.04. The number of halogens is 1. The summed E-state index contributed by atoms with van der Waals surface area (Å²) < 4.78 is 0. The number of hydrogen-bond donors (Lipinski definition) is 3. The van der Waals surface area contributed by atoms with Gasteiger partial charge in [-0.05, 0) is 60.6 Å². The minimum absolute atomic E-state index is 0. The van der Waals surface area contributed by atoms with Gasteiger partial charge >= 0.3 is 0 Å². The highest BCUT2D eigenvalue weighted by Crippen LogP contribution is 2.27. The number of aryl methyl sites for hydroxylation is 1. The first kappa shape index (κ1) is 19.2. The minimum Gasteiger partial charge on any atom is -0.370 e. The molecule has 0 fully saturated rings. The zero-order chi connectivity index (χ0) is 16.9. The summed E-state index contributed by atoms with van der Waals surface area (Å²) in [5.74, 6) is -0.0342. The number of nitrogens with one attached hydrogen (secondary N) is 1. The van der Waals surface area contributed by atoms with E-state index >= 15 is 0 Å². The van der Waals surface area contributed by atoms with Crippen LogP contribution in [0.25, 0.3) is 0 Å². The van der Waals surface area contributed by atoms with Crippen LogP contribution in [0, 0.1) is 0 Å². The Morgan fingerprint density at radius 3 is 2.48 bits per heavy atom. The molecule has 25 heavy (non-hydrogen) atoms. The lowest BCUT2D eigenvalue weighted by Gasteiger charge is -2.19. The Morgan fingerprint density at radius 2 is 1.76 bits per heavy atom. The first-order chi connectivity index (χ1) is 11.6. The molecule has 1 aliphatic rings. The van der Waals surface area contributed by atoms with Crippen molar-refractivity contribution in [3.05, 3.63) is 64.7 Å². The molecule has 0 spiro atoms. The summed E-state index contributed by atoms with van der Waals surface area (Å²) in [6.45, 7) is 0.451. The number of amides is 1. The Balaban J connectivity index is 0.00000225. The fourth-order valence-corrected chi connectivity index (χ4v) is 3.03. The molecule has 5 nitrogen and oxygen atoms in total. The Kier molecular flexibility index (Phi) is 6.81. The number of rotatable bonds is 4. The van der Waals surface area contributed by atoms with E-state index in [9.17, 15) is 4.79 Å². The van der Waals surface area contributed by atoms with Crippen molar-refractivity contribution < 1.29 is 4.79 Å². The molecule has 0 heterocycles. The van der Waals surface area contributed by atoms with Crippen LogP contribution in [0.3, 0.4) is 0 Å². The van der Waals surface area contributed by atoms with E-state index in [2.05, 4.69) is 22.4 Å². The predicted molar refractivity (Wildman–Crippen MR) is 112 cm³/mol. The molecule has 0 saturated carbocycles. The number of carbonyl (C=O) groups is 1. The van der Waals surface area contributed by atoms with Crippen LogP contribution in [0.15, 0.2) is 47.5 Å². The summed E-state index contributed by atoms with van der Waals surface area (Å²) in [6, 6.07) is 13.4. The number of hydrogen-bond acceptors (Lipinski definition) is 2. The fraction of sp³-hybridized carbons (Fsp3) is 0.263. The van der Waals surface area contributed by atoms with E-state index in [-0.39, 0.29) is 24.0 Å². The van der Waals surface area contributed by atoms with Crippen LogP contribution in [-0.4, -0.2) is 11.9 Å². The predicted octanol–water partition coefficient (Wildman–Crippen LogP) is 3.21. The number of benzene rings is 2. The van der Waals surface area contributed by atoms with Gasteiger partial charge in [0.05, 0.1) is 6.54 Å². The number of aliphatic imine (C=N–C) groups is 1. The molecule has 1 amide bonds. The molecular weight excluding hydrogens is 427 g/mol. The summed E-state index contributed by atoms with van der Waals surface area (Å²) >= 11 is 0. The standard InChI is InChI=1S/C19H22N4O.HI/c20-18(24)15-10-8-13(9-11-15)12-22-19(21)23-17-7-3-5-14-4-1-2-6-16(14)17;/h3,5,7-11H,1-2,4,6,12H2,(H2,20,24)(H3,21,22,23);1H. The molecule has 0 bridgehead atoms.